The van der Waals surface area contributed by atoms with Gasteiger partial charge in [0.25, 0.3) is 0 Å². The van der Waals surface area contributed by atoms with E-state index in [0.717, 1.165) is 37.8 Å². The second-order valence-electron chi connectivity index (χ2n) is 12.1. The van der Waals surface area contributed by atoms with Crippen LogP contribution in [0.25, 0.3) is 0 Å². The van der Waals surface area contributed by atoms with Gasteiger partial charge < -0.3 is 71.0 Å². The number of amides is 3. The Bertz CT molecular complexity index is 944. The van der Waals surface area contributed by atoms with E-state index in [1.807, 2.05) is 13.8 Å². The average molecular weight is 735 g/mol. The highest BCUT2D eigenvalue weighted by molar-refractivity contribution is 5.86. The van der Waals surface area contributed by atoms with Crippen molar-refractivity contribution in [2.24, 2.45) is 23.1 Å². The summed E-state index contributed by atoms with van der Waals surface area (Å²) >= 11 is 0. The first-order valence-corrected chi connectivity index (χ1v) is 18.2. The average Bonchev–Trinajstić information content (AvgIpc) is 3.10. The highest BCUT2D eigenvalue weighted by Crippen LogP contribution is 2.21. The van der Waals surface area contributed by atoms with E-state index >= 15 is 0 Å². The van der Waals surface area contributed by atoms with E-state index in [-0.39, 0.29) is 43.5 Å². The zero-order valence-electron chi connectivity index (χ0n) is 30.9. The number of nitrogens with two attached hydrogens (primary N) is 3. The van der Waals surface area contributed by atoms with Gasteiger partial charge in [-0.05, 0) is 25.2 Å². The number of carbonyl (C=O) groups excluding carboxylic acids is 3. The Labute approximate surface area is 303 Å². The van der Waals surface area contributed by atoms with E-state index in [0.29, 0.717) is 111 Å². The highest BCUT2D eigenvalue weighted by Gasteiger charge is 2.22. The molecule has 0 aromatic rings. The quantitative estimate of drug-likeness (QED) is 0.0458. The van der Waals surface area contributed by atoms with Crippen LogP contribution in [0.15, 0.2) is 11.4 Å². The van der Waals surface area contributed by atoms with E-state index in [9.17, 15) is 14.4 Å². The van der Waals surface area contributed by atoms with Crippen molar-refractivity contribution in [1.82, 2.24) is 16.0 Å². The molecule has 0 radical (unpaired) electrons. The normalized spacial score (nSPS) is 17.1. The van der Waals surface area contributed by atoms with E-state index in [4.69, 9.17) is 55.1 Å². The summed E-state index contributed by atoms with van der Waals surface area (Å²) in [6.45, 7) is 10.9. The Morgan fingerprint density at radius 2 is 1.24 bits per heavy atom. The summed E-state index contributed by atoms with van der Waals surface area (Å²) in [5, 5.41) is 8.81. The molecule has 298 valence electrons. The number of primary amides is 1. The van der Waals surface area contributed by atoms with Crippen LogP contribution < -0.4 is 33.2 Å². The summed E-state index contributed by atoms with van der Waals surface area (Å²) < 4.78 is 44.1. The number of hydrogen-bond donors (Lipinski definition) is 6. The van der Waals surface area contributed by atoms with Crippen molar-refractivity contribution in [2.75, 3.05) is 119 Å². The molecule has 0 heterocycles. The number of ether oxygens (including phenoxy) is 8. The van der Waals surface area contributed by atoms with Gasteiger partial charge in [-0.25, -0.2) is 0 Å². The SMILES string of the molecule is CC(C)C(NC(=O)CCOCCOCCOCCOCCNC(=O)COC1CCCCC/C(NCCOCCOCCOCCN)=C\1N)C(N)=O. The lowest BCUT2D eigenvalue weighted by molar-refractivity contribution is -0.129. The molecule has 1 aliphatic rings. The molecule has 2 atom stereocenters. The van der Waals surface area contributed by atoms with Crippen LogP contribution in [0.5, 0.6) is 0 Å². The third-order valence-corrected chi connectivity index (χ3v) is 7.54. The van der Waals surface area contributed by atoms with Crippen LogP contribution in [-0.2, 0) is 52.3 Å². The maximum Gasteiger partial charge on any atom is 0.246 e. The Kier molecular flexibility index (Phi) is 29.2. The molecule has 0 saturated carbocycles. The molecule has 3 amide bonds. The maximum absolute atomic E-state index is 12.4. The first-order valence-electron chi connectivity index (χ1n) is 18.2. The molecule has 0 spiro atoms. The van der Waals surface area contributed by atoms with Crippen molar-refractivity contribution in [3.05, 3.63) is 11.4 Å². The molecule has 17 nitrogen and oxygen atoms in total. The molecule has 1 rings (SSSR count). The minimum atomic E-state index is -0.691. The molecule has 0 aliphatic heterocycles. The third kappa shape index (κ3) is 25.9. The van der Waals surface area contributed by atoms with Crippen molar-refractivity contribution < 1.29 is 52.3 Å². The van der Waals surface area contributed by atoms with Crippen LogP contribution >= 0.6 is 0 Å². The molecule has 0 saturated heterocycles. The number of rotatable bonds is 33. The molecule has 9 N–H and O–H groups in total. The molecule has 0 bridgehead atoms. The lowest BCUT2D eigenvalue weighted by atomic mass is 9.99. The number of nitrogens with one attached hydrogen (secondary N) is 3. The molecule has 0 aromatic heterocycles. The summed E-state index contributed by atoms with van der Waals surface area (Å²) in [4.78, 5) is 35.6. The second-order valence-corrected chi connectivity index (χ2v) is 12.1. The van der Waals surface area contributed by atoms with Gasteiger partial charge in [-0.3, -0.25) is 14.4 Å². The predicted molar refractivity (Wildman–Crippen MR) is 190 cm³/mol. The van der Waals surface area contributed by atoms with Crippen LogP contribution in [0.3, 0.4) is 0 Å². The fourth-order valence-electron chi connectivity index (χ4n) is 4.79. The molecule has 17 heteroatoms. The minimum absolute atomic E-state index is 0.0831. The van der Waals surface area contributed by atoms with Crippen molar-refractivity contribution in [3.63, 3.8) is 0 Å². The molecule has 0 aromatic carbocycles. The molecule has 1 aliphatic carbocycles. The molecule has 51 heavy (non-hydrogen) atoms. The van der Waals surface area contributed by atoms with E-state index in [1.54, 1.807) is 0 Å². The van der Waals surface area contributed by atoms with E-state index in [1.165, 1.54) is 0 Å². The molecular formula is C34H66N6O11. The lowest BCUT2D eigenvalue weighted by Gasteiger charge is -2.25. The van der Waals surface area contributed by atoms with Crippen molar-refractivity contribution in [2.45, 2.75) is 64.5 Å². The summed E-state index contributed by atoms with van der Waals surface area (Å²) in [7, 11) is 0. The molecule has 2 unspecified atom stereocenters. The van der Waals surface area contributed by atoms with Crippen LogP contribution in [-0.4, -0.2) is 149 Å². The number of hydrogen-bond acceptors (Lipinski definition) is 14. The predicted octanol–water partition coefficient (Wildman–Crippen LogP) is -0.697. The smallest absolute Gasteiger partial charge is 0.246 e. The first kappa shape index (κ1) is 46.4. The van der Waals surface area contributed by atoms with E-state index < -0.39 is 11.9 Å². The van der Waals surface area contributed by atoms with Gasteiger partial charge in [0.1, 0.15) is 12.6 Å². The van der Waals surface area contributed by atoms with Gasteiger partial charge in [0.2, 0.25) is 17.7 Å². The van der Waals surface area contributed by atoms with Gasteiger partial charge in [-0.1, -0.05) is 26.7 Å². The van der Waals surface area contributed by atoms with Gasteiger partial charge in [0.05, 0.1) is 104 Å². The van der Waals surface area contributed by atoms with Gasteiger partial charge in [-0.15, -0.1) is 0 Å². The second kappa shape index (κ2) is 32.1. The summed E-state index contributed by atoms with van der Waals surface area (Å²) in [5.41, 5.74) is 18.8. The highest BCUT2D eigenvalue weighted by atomic mass is 16.6. The number of carbonyl (C=O) groups is 3. The summed E-state index contributed by atoms with van der Waals surface area (Å²) in [6.07, 6.45) is 4.49. The molecule has 0 fully saturated rings. The van der Waals surface area contributed by atoms with Crippen LogP contribution in [0.2, 0.25) is 0 Å². The summed E-state index contributed by atoms with van der Waals surface area (Å²) in [6, 6.07) is -0.691. The van der Waals surface area contributed by atoms with Crippen molar-refractivity contribution >= 4 is 17.7 Å². The number of allylic oxidation sites excluding steroid dienone is 1. The van der Waals surface area contributed by atoms with Gasteiger partial charge in [0, 0.05) is 31.8 Å². The zero-order chi connectivity index (χ0) is 37.4. The lowest BCUT2D eigenvalue weighted by Crippen LogP contribution is -2.47. The minimum Gasteiger partial charge on any atom is -0.399 e. The molecular weight excluding hydrogens is 668 g/mol. The van der Waals surface area contributed by atoms with Gasteiger partial charge >= 0.3 is 0 Å². The Hall–Kier alpha value is -2.61. The van der Waals surface area contributed by atoms with Gasteiger partial charge in [0.15, 0.2) is 0 Å². The Morgan fingerprint density at radius 1 is 0.706 bits per heavy atom. The largest absolute Gasteiger partial charge is 0.399 e. The zero-order valence-corrected chi connectivity index (χ0v) is 30.9. The fourth-order valence-corrected chi connectivity index (χ4v) is 4.79. The Morgan fingerprint density at radius 3 is 1.78 bits per heavy atom. The van der Waals surface area contributed by atoms with E-state index in [2.05, 4.69) is 16.0 Å². The maximum atomic E-state index is 12.4. The fraction of sp³-hybridized carbons (Fsp3) is 0.853. The van der Waals surface area contributed by atoms with Gasteiger partial charge in [-0.2, -0.15) is 0 Å². The van der Waals surface area contributed by atoms with Crippen LogP contribution in [0.1, 0.15) is 52.4 Å². The van der Waals surface area contributed by atoms with Crippen LogP contribution in [0.4, 0.5) is 0 Å². The Balaban J connectivity index is 2.04. The summed E-state index contributed by atoms with van der Waals surface area (Å²) in [5.74, 6) is -1.15. The topological polar surface area (TPSA) is 239 Å². The standard InChI is InChI=1S/C34H66N6O11/c1-27(2)33(34(37)43)40-30(41)8-12-44-16-20-48-24-25-50-23-19-47-15-11-39-31(42)26-51-29-7-5-3-4-6-28(32(29)36)38-10-14-46-18-22-49-21-17-45-13-9-35/h27,29,33,38H,3-26,35-36H2,1-2H3,(H2,37,43)(H,39,42)(H,40,41)/b32-28-. The monoisotopic (exact) mass is 734 g/mol. The third-order valence-electron chi connectivity index (χ3n) is 7.54. The first-order chi connectivity index (χ1) is 24.8. The van der Waals surface area contributed by atoms with Crippen LogP contribution in [0, 0.1) is 5.92 Å². The van der Waals surface area contributed by atoms with Crippen molar-refractivity contribution in [3.8, 4) is 0 Å². The van der Waals surface area contributed by atoms with Crippen molar-refractivity contribution in [1.29, 1.82) is 0 Å².